The van der Waals surface area contributed by atoms with Crippen molar-refractivity contribution in [2.24, 2.45) is 5.10 Å². The largest absolute Gasteiger partial charge is 0.352 e. The first-order valence-corrected chi connectivity index (χ1v) is 5.67. The van der Waals surface area contributed by atoms with Crippen molar-refractivity contribution in [3.63, 3.8) is 0 Å². The lowest BCUT2D eigenvalue weighted by molar-refractivity contribution is -0.120. The molecule has 0 bridgehead atoms. The van der Waals surface area contributed by atoms with Crippen molar-refractivity contribution in [2.45, 2.75) is 12.1 Å². The summed E-state index contributed by atoms with van der Waals surface area (Å²) in [6.07, 6.45) is 1.70. The van der Waals surface area contributed by atoms with Gasteiger partial charge in [0.15, 0.2) is 5.11 Å². The minimum absolute atomic E-state index is 0.101. The van der Waals surface area contributed by atoms with Gasteiger partial charge in [-0.3, -0.25) is 4.79 Å². The zero-order valence-corrected chi connectivity index (χ0v) is 9.65. The average Bonchev–Trinajstić information content (AvgIpc) is 2.72. The van der Waals surface area contributed by atoms with E-state index in [1.54, 1.807) is 6.21 Å². The minimum atomic E-state index is -0.361. The standard InChI is InChI=1S/C11H10N4OS/c16-10-9-8(13-11(17)14-9)6-12-15(10)7-4-2-1-3-5-7/h1-6,8-9H,(H2,13,14,17)/t8-,9-/m0/s1. The van der Waals surface area contributed by atoms with E-state index in [9.17, 15) is 4.79 Å². The number of carbonyl (C=O) groups excluding carboxylic acids is 1. The van der Waals surface area contributed by atoms with Gasteiger partial charge in [-0.2, -0.15) is 10.1 Å². The maximum absolute atomic E-state index is 12.2. The number of amides is 1. The first-order valence-electron chi connectivity index (χ1n) is 5.26. The number of carbonyl (C=O) groups is 1. The Labute approximate surface area is 103 Å². The van der Waals surface area contributed by atoms with E-state index in [4.69, 9.17) is 12.2 Å². The molecule has 2 N–H and O–H groups in total. The van der Waals surface area contributed by atoms with Gasteiger partial charge < -0.3 is 10.6 Å². The minimum Gasteiger partial charge on any atom is -0.352 e. The molecule has 2 aliphatic rings. The van der Waals surface area contributed by atoms with Crippen LogP contribution in [0, 0.1) is 0 Å². The Morgan fingerprint density at radius 1 is 1.24 bits per heavy atom. The second-order valence-corrected chi connectivity index (χ2v) is 4.28. The number of hydrogen-bond acceptors (Lipinski definition) is 3. The van der Waals surface area contributed by atoms with Crippen molar-refractivity contribution in [1.82, 2.24) is 10.6 Å². The number of hydrogen-bond donors (Lipinski definition) is 2. The molecule has 2 aliphatic heterocycles. The van der Waals surface area contributed by atoms with Gasteiger partial charge in [0.2, 0.25) is 0 Å². The van der Waals surface area contributed by atoms with E-state index in [1.807, 2.05) is 30.3 Å². The fourth-order valence-corrected chi connectivity index (χ4v) is 2.20. The summed E-state index contributed by atoms with van der Waals surface area (Å²) in [4.78, 5) is 12.2. The van der Waals surface area contributed by atoms with Gasteiger partial charge in [0.25, 0.3) is 5.91 Å². The monoisotopic (exact) mass is 246 g/mol. The highest BCUT2D eigenvalue weighted by atomic mass is 32.1. The number of anilines is 1. The SMILES string of the molecule is O=C1[C@H]2NC(=S)N[C@H]2C=NN1c1ccccc1. The van der Waals surface area contributed by atoms with Crippen LogP contribution < -0.4 is 15.6 Å². The summed E-state index contributed by atoms with van der Waals surface area (Å²) >= 11 is 4.99. The van der Waals surface area contributed by atoms with Crippen LogP contribution in [-0.4, -0.2) is 29.3 Å². The summed E-state index contributed by atoms with van der Waals surface area (Å²) in [6, 6.07) is 8.82. The molecule has 6 heteroatoms. The Kier molecular flexibility index (Phi) is 2.29. The van der Waals surface area contributed by atoms with Crippen molar-refractivity contribution in [3.8, 4) is 0 Å². The topological polar surface area (TPSA) is 56.7 Å². The predicted molar refractivity (Wildman–Crippen MR) is 68.9 cm³/mol. The van der Waals surface area contributed by atoms with Crippen LogP contribution in [0.2, 0.25) is 0 Å². The number of nitrogens with zero attached hydrogens (tertiary/aromatic N) is 2. The summed E-state index contributed by atoms with van der Waals surface area (Å²) in [7, 11) is 0. The molecule has 0 radical (unpaired) electrons. The van der Waals surface area contributed by atoms with Gasteiger partial charge in [0.05, 0.1) is 17.9 Å². The molecular weight excluding hydrogens is 236 g/mol. The zero-order valence-electron chi connectivity index (χ0n) is 8.83. The fourth-order valence-electron chi connectivity index (χ4n) is 1.94. The third-order valence-electron chi connectivity index (χ3n) is 2.76. The quantitative estimate of drug-likeness (QED) is 0.697. The third-order valence-corrected chi connectivity index (χ3v) is 3.00. The molecule has 5 nitrogen and oxygen atoms in total. The Balaban J connectivity index is 1.93. The Morgan fingerprint density at radius 2 is 2.00 bits per heavy atom. The molecule has 1 fully saturated rings. The number of benzene rings is 1. The molecule has 0 saturated carbocycles. The molecule has 1 aromatic rings. The Bertz CT molecular complexity index is 501. The van der Waals surface area contributed by atoms with Crippen molar-refractivity contribution in [3.05, 3.63) is 30.3 Å². The molecule has 3 rings (SSSR count). The second-order valence-electron chi connectivity index (χ2n) is 3.87. The van der Waals surface area contributed by atoms with E-state index >= 15 is 0 Å². The van der Waals surface area contributed by atoms with Gasteiger partial charge >= 0.3 is 0 Å². The number of rotatable bonds is 1. The lowest BCUT2D eigenvalue weighted by atomic mass is 10.1. The van der Waals surface area contributed by atoms with Crippen molar-refractivity contribution >= 4 is 35.1 Å². The summed E-state index contributed by atoms with van der Waals surface area (Å²) in [6.45, 7) is 0. The van der Waals surface area contributed by atoms with Gasteiger partial charge in [-0.05, 0) is 24.4 Å². The van der Waals surface area contributed by atoms with Crippen LogP contribution in [0.3, 0.4) is 0 Å². The summed E-state index contributed by atoms with van der Waals surface area (Å²) < 4.78 is 0. The van der Waals surface area contributed by atoms with Gasteiger partial charge in [0, 0.05) is 0 Å². The molecule has 0 aromatic heterocycles. The van der Waals surface area contributed by atoms with Crippen LogP contribution in [0.15, 0.2) is 35.4 Å². The third kappa shape index (κ3) is 1.66. The number of thiocarbonyl (C=S) groups is 1. The first kappa shape index (κ1) is 10.2. The normalized spacial score (nSPS) is 26.5. The number of para-hydroxylation sites is 1. The molecule has 86 valence electrons. The Morgan fingerprint density at radius 3 is 2.76 bits per heavy atom. The van der Waals surface area contributed by atoms with Gasteiger partial charge in [-0.1, -0.05) is 18.2 Å². The average molecular weight is 246 g/mol. The smallest absolute Gasteiger partial charge is 0.272 e. The van der Waals surface area contributed by atoms with Crippen molar-refractivity contribution < 1.29 is 4.79 Å². The lowest BCUT2D eigenvalue weighted by Gasteiger charge is -2.26. The van der Waals surface area contributed by atoms with E-state index in [0.29, 0.717) is 5.11 Å². The molecule has 1 amide bonds. The van der Waals surface area contributed by atoms with E-state index in [0.717, 1.165) is 5.69 Å². The highest BCUT2D eigenvalue weighted by Crippen LogP contribution is 2.19. The molecule has 2 atom stereocenters. The predicted octanol–water partition coefficient (Wildman–Crippen LogP) is 0.234. The summed E-state index contributed by atoms with van der Waals surface area (Å²) in [5.41, 5.74) is 0.756. The summed E-state index contributed by atoms with van der Waals surface area (Å²) in [5.74, 6) is -0.101. The zero-order chi connectivity index (χ0) is 11.8. The van der Waals surface area contributed by atoms with Crippen LogP contribution in [0.25, 0.3) is 0 Å². The molecule has 0 unspecified atom stereocenters. The van der Waals surface area contributed by atoms with Gasteiger partial charge in [0.1, 0.15) is 6.04 Å². The van der Waals surface area contributed by atoms with E-state index < -0.39 is 0 Å². The van der Waals surface area contributed by atoms with Gasteiger partial charge in [-0.15, -0.1) is 0 Å². The van der Waals surface area contributed by atoms with E-state index in [-0.39, 0.29) is 18.0 Å². The van der Waals surface area contributed by atoms with Crippen LogP contribution >= 0.6 is 12.2 Å². The molecule has 2 heterocycles. The molecule has 0 spiro atoms. The van der Waals surface area contributed by atoms with Crippen molar-refractivity contribution in [2.75, 3.05) is 5.01 Å². The molecule has 1 aromatic carbocycles. The maximum Gasteiger partial charge on any atom is 0.272 e. The Hall–Kier alpha value is -1.95. The van der Waals surface area contributed by atoms with Crippen LogP contribution in [0.4, 0.5) is 5.69 Å². The molecule has 0 aliphatic carbocycles. The second kappa shape index (κ2) is 3.81. The highest BCUT2D eigenvalue weighted by molar-refractivity contribution is 7.80. The van der Waals surface area contributed by atoms with Crippen LogP contribution in [-0.2, 0) is 4.79 Å². The number of hydrazone groups is 1. The van der Waals surface area contributed by atoms with Crippen LogP contribution in [0.5, 0.6) is 0 Å². The van der Waals surface area contributed by atoms with Crippen LogP contribution in [0.1, 0.15) is 0 Å². The number of nitrogens with one attached hydrogen (secondary N) is 2. The lowest BCUT2D eigenvalue weighted by Crippen LogP contribution is -2.52. The highest BCUT2D eigenvalue weighted by Gasteiger charge is 2.40. The summed E-state index contributed by atoms with van der Waals surface area (Å²) in [5, 5.41) is 12.0. The fraction of sp³-hybridized carbons (Fsp3) is 0.182. The van der Waals surface area contributed by atoms with E-state index in [2.05, 4.69) is 15.7 Å². The molecular formula is C11H10N4OS. The van der Waals surface area contributed by atoms with Crippen molar-refractivity contribution in [1.29, 1.82) is 0 Å². The van der Waals surface area contributed by atoms with E-state index in [1.165, 1.54) is 5.01 Å². The first-order chi connectivity index (χ1) is 8.25. The molecule has 17 heavy (non-hydrogen) atoms. The van der Waals surface area contributed by atoms with Gasteiger partial charge in [-0.25, -0.2) is 0 Å². The number of fused-ring (bicyclic) bond motifs is 1. The molecule has 1 saturated heterocycles. The maximum atomic E-state index is 12.2.